The molecule has 0 radical (unpaired) electrons. The molecule has 0 unspecified atom stereocenters. The highest BCUT2D eigenvalue weighted by Crippen LogP contribution is 2.55. The Hall–Kier alpha value is -3.80. The number of methoxy groups -OCH3 is 1. The van der Waals surface area contributed by atoms with Gasteiger partial charge in [-0.2, -0.15) is 0 Å². The van der Waals surface area contributed by atoms with Crippen LogP contribution >= 0.6 is 0 Å². The standard InChI is InChI=1S/C20H18N2O10/c1-9(23)30-19(31-10(2)24)20-7-6-14(32-20)15-16(20)18(26)21(17(15)25)12-5-4-11(29-3)8-13(12)22(27)28/h4-8,14-16,19H,1-3H3/t14-,15-,16-,20+/m0/s1. The van der Waals surface area contributed by atoms with E-state index >= 15 is 0 Å². The van der Waals surface area contributed by atoms with Crippen LogP contribution in [0.15, 0.2) is 30.4 Å². The number of esters is 2. The zero-order valence-electron chi connectivity index (χ0n) is 17.2. The third-order valence-electron chi connectivity index (χ3n) is 5.61. The predicted molar refractivity (Wildman–Crippen MR) is 103 cm³/mol. The van der Waals surface area contributed by atoms with Crippen molar-refractivity contribution < 1.29 is 43.0 Å². The number of hydrogen-bond acceptors (Lipinski definition) is 10. The third-order valence-corrected chi connectivity index (χ3v) is 5.61. The van der Waals surface area contributed by atoms with E-state index in [0.29, 0.717) is 0 Å². The van der Waals surface area contributed by atoms with Crippen LogP contribution in [-0.4, -0.2) is 53.8 Å². The highest BCUT2D eigenvalue weighted by Gasteiger charge is 2.72. The average molecular weight is 446 g/mol. The molecule has 3 aliphatic heterocycles. The number of hydrogen-bond donors (Lipinski definition) is 0. The smallest absolute Gasteiger partial charge is 0.305 e. The molecule has 0 aromatic heterocycles. The SMILES string of the molecule is COc1ccc(N2C(=O)[C@H]3[C@@H]4C=C[C@@](C(OC(C)=O)OC(C)=O)(O4)[C@@H]3C2=O)c([N+](=O)[O-])c1. The van der Waals surface area contributed by atoms with Crippen molar-refractivity contribution in [3.8, 4) is 5.75 Å². The molecule has 32 heavy (non-hydrogen) atoms. The van der Waals surface area contributed by atoms with Gasteiger partial charge in [0.1, 0.15) is 11.4 Å². The van der Waals surface area contributed by atoms with Crippen molar-refractivity contribution in [1.29, 1.82) is 0 Å². The molecule has 0 saturated carbocycles. The van der Waals surface area contributed by atoms with E-state index in [9.17, 15) is 29.3 Å². The number of fused-ring (bicyclic) bond motifs is 5. The molecule has 3 heterocycles. The van der Waals surface area contributed by atoms with Crippen molar-refractivity contribution in [3.63, 3.8) is 0 Å². The van der Waals surface area contributed by atoms with Crippen LogP contribution in [0.3, 0.4) is 0 Å². The summed E-state index contributed by atoms with van der Waals surface area (Å²) in [6.45, 7) is 2.18. The molecule has 2 amide bonds. The lowest BCUT2D eigenvalue weighted by Crippen LogP contribution is -2.52. The van der Waals surface area contributed by atoms with Crippen LogP contribution in [0.5, 0.6) is 5.75 Å². The number of ether oxygens (including phenoxy) is 4. The molecule has 3 aliphatic rings. The maximum atomic E-state index is 13.5. The van der Waals surface area contributed by atoms with Crippen molar-refractivity contribution in [2.45, 2.75) is 31.8 Å². The highest BCUT2D eigenvalue weighted by molar-refractivity contribution is 6.24. The Labute approximate surface area is 180 Å². The summed E-state index contributed by atoms with van der Waals surface area (Å²) in [6.07, 6.45) is 0.439. The summed E-state index contributed by atoms with van der Waals surface area (Å²) in [4.78, 5) is 61.6. The van der Waals surface area contributed by atoms with Gasteiger partial charge < -0.3 is 18.9 Å². The summed E-state index contributed by atoms with van der Waals surface area (Å²) in [5.74, 6) is -5.20. The lowest BCUT2D eigenvalue weighted by Gasteiger charge is -2.34. The van der Waals surface area contributed by atoms with Crippen molar-refractivity contribution in [2.75, 3.05) is 12.0 Å². The number of imide groups is 1. The third kappa shape index (κ3) is 3.02. The summed E-state index contributed by atoms with van der Waals surface area (Å²) in [7, 11) is 1.32. The second kappa shape index (κ2) is 7.41. The van der Waals surface area contributed by atoms with Crippen LogP contribution in [0, 0.1) is 22.0 Å². The fourth-order valence-corrected chi connectivity index (χ4v) is 4.42. The van der Waals surface area contributed by atoms with Crippen LogP contribution in [0.1, 0.15) is 13.8 Å². The largest absolute Gasteiger partial charge is 0.496 e. The number of nitro benzene ring substituents is 1. The number of nitro groups is 1. The predicted octanol–water partition coefficient (Wildman–Crippen LogP) is 0.869. The minimum atomic E-state index is -1.74. The minimum Gasteiger partial charge on any atom is -0.496 e. The molecule has 12 nitrogen and oxygen atoms in total. The molecule has 2 saturated heterocycles. The molecule has 0 N–H and O–H groups in total. The number of anilines is 1. The molecule has 1 aromatic carbocycles. The van der Waals surface area contributed by atoms with E-state index in [4.69, 9.17) is 18.9 Å². The van der Waals surface area contributed by atoms with Gasteiger partial charge in [0.2, 0.25) is 11.8 Å². The summed E-state index contributed by atoms with van der Waals surface area (Å²) in [5, 5.41) is 11.6. The number of nitrogens with zero attached hydrogens (tertiary/aromatic N) is 2. The molecule has 12 heteroatoms. The van der Waals surface area contributed by atoms with Gasteiger partial charge in [-0.1, -0.05) is 6.08 Å². The average Bonchev–Trinajstić information content (AvgIpc) is 3.37. The lowest BCUT2D eigenvalue weighted by molar-refractivity contribution is -0.384. The molecule has 1 aromatic rings. The molecular formula is C20H18N2O10. The zero-order chi connectivity index (χ0) is 23.4. The van der Waals surface area contributed by atoms with Gasteiger partial charge in [0, 0.05) is 13.8 Å². The van der Waals surface area contributed by atoms with Crippen LogP contribution in [-0.2, 0) is 33.4 Å². The van der Waals surface area contributed by atoms with Gasteiger partial charge >= 0.3 is 11.9 Å². The first-order valence-corrected chi connectivity index (χ1v) is 9.52. The Bertz CT molecular complexity index is 1070. The summed E-state index contributed by atoms with van der Waals surface area (Å²) >= 11 is 0. The Morgan fingerprint density at radius 2 is 1.84 bits per heavy atom. The van der Waals surface area contributed by atoms with Crippen LogP contribution in [0.4, 0.5) is 11.4 Å². The monoisotopic (exact) mass is 446 g/mol. The molecular weight excluding hydrogens is 428 g/mol. The Balaban J connectivity index is 1.78. The van der Waals surface area contributed by atoms with Crippen molar-refractivity contribution in [1.82, 2.24) is 0 Å². The molecule has 168 valence electrons. The van der Waals surface area contributed by atoms with Gasteiger partial charge in [-0.3, -0.25) is 29.3 Å². The molecule has 0 spiro atoms. The normalized spacial score (nSPS) is 27.6. The van der Waals surface area contributed by atoms with E-state index in [1.807, 2.05) is 0 Å². The van der Waals surface area contributed by atoms with Crippen molar-refractivity contribution >= 4 is 35.1 Å². The maximum absolute atomic E-state index is 13.5. The second-order valence-corrected chi connectivity index (χ2v) is 7.47. The first kappa shape index (κ1) is 21.4. The topological polar surface area (TPSA) is 152 Å². The number of carbonyl (C=O) groups is 4. The van der Waals surface area contributed by atoms with E-state index in [2.05, 4.69) is 0 Å². The summed E-state index contributed by atoms with van der Waals surface area (Å²) < 4.78 is 21.1. The zero-order valence-corrected chi connectivity index (χ0v) is 17.2. The summed E-state index contributed by atoms with van der Waals surface area (Å²) in [5.41, 5.74) is -2.47. The van der Waals surface area contributed by atoms with Gasteiger partial charge in [0.05, 0.1) is 36.0 Å². The summed E-state index contributed by atoms with van der Waals surface area (Å²) in [6, 6.07) is 3.73. The molecule has 2 fully saturated rings. The molecule has 0 aliphatic carbocycles. The van der Waals surface area contributed by atoms with Crippen molar-refractivity contribution in [3.05, 3.63) is 40.5 Å². The number of benzene rings is 1. The van der Waals surface area contributed by atoms with E-state index in [1.54, 1.807) is 0 Å². The van der Waals surface area contributed by atoms with E-state index in [0.717, 1.165) is 24.8 Å². The van der Waals surface area contributed by atoms with Gasteiger partial charge in [-0.25, -0.2) is 4.90 Å². The van der Waals surface area contributed by atoms with Gasteiger partial charge in [0.25, 0.3) is 12.0 Å². The quantitative estimate of drug-likeness (QED) is 0.154. The van der Waals surface area contributed by atoms with Gasteiger partial charge in [-0.15, -0.1) is 0 Å². The highest BCUT2D eigenvalue weighted by atomic mass is 16.7. The van der Waals surface area contributed by atoms with E-state index in [1.165, 1.54) is 31.4 Å². The molecule has 4 atom stereocenters. The van der Waals surface area contributed by atoms with E-state index in [-0.39, 0.29) is 11.4 Å². The Morgan fingerprint density at radius 3 is 2.41 bits per heavy atom. The first-order chi connectivity index (χ1) is 15.1. The molecule has 4 rings (SSSR count). The minimum absolute atomic E-state index is 0.172. The first-order valence-electron chi connectivity index (χ1n) is 9.52. The van der Waals surface area contributed by atoms with Crippen LogP contribution < -0.4 is 9.64 Å². The fraction of sp³-hybridized carbons (Fsp3) is 0.400. The maximum Gasteiger partial charge on any atom is 0.305 e. The lowest BCUT2D eigenvalue weighted by atomic mass is 9.76. The Kier molecular flexibility index (Phi) is 4.96. The fourth-order valence-electron chi connectivity index (χ4n) is 4.42. The number of carbonyl (C=O) groups excluding carboxylic acids is 4. The van der Waals surface area contributed by atoms with Gasteiger partial charge in [0.15, 0.2) is 5.60 Å². The second-order valence-electron chi connectivity index (χ2n) is 7.47. The Morgan fingerprint density at radius 1 is 1.19 bits per heavy atom. The van der Waals surface area contributed by atoms with E-state index < -0.39 is 64.2 Å². The van der Waals surface area contributed by atoms with Crippen LogP contribution in [0.2, 0.25) is 0 Å². The van der Waals surface area contributed by atoms with Gasteiger partial charge in [-0.05, 0) is 18.2 Å². The van der Waals surface area contributed by atoms with Crippen LogP contribution in [0.25, 0.3) is 0 Å². The number of amides is 2. The molecule has 2 bridgehead atoms. The van der Waals surface area contributed by atoms with Crippen molar-refractivity contribution in [2.24, 2.45) is 11.8 Å². The number of rotatable bonds is 6.